The number of methoxy groups -OCH3 is 1. The van der Waals surface area contributed by atoms with Gasteiger partial charge < -0.3 is 24.7 Å². The number of likely N-dealkylation sites (N-methyl/N-ethyl adjacent to an activating group) is 1. The number of carbonyl (C=O) groups is 3. The molecule has 3 amide bonds. The van der Waals surface area contributed by atoms with Crippen molar-refractivity contribution in [3.63, 3.8) is 0 Å². The zero-order valence-electron chi connectivity index (χ0n) is 18.2. The Bertz CT molecular complexity index is 1040. The fourth-order valence-electron chi connectivity index (χ4n) is 3.11. The van der Waals surface area contributed by atoms with Gasteiger partial charge in [-0.05, 0) is 36.2 Å². The van der Waals surface area contributed by atoms with Crippen LogP contribution in [0.2, 0.25) is 0 Å². The van der Waals surface area contributed by atoms with Crippen LogP contribution < -0.4 is 10.6 Å². The summed E-state index contributed by atoms with van der Waals surface area (Å²) in [5.74, 6) is -0.495. The van der Waals surface area contributed by atoms with Crippen LogP contribution in [0.1, 0.15) is 22.5 Å². The molecule has 0 unspecified atom stereocenters. The number of fused-ring (bicyclic) bond motifs is 1. The minimum Gasteiger partial charge on any atom is -0.451 e. The van der Waals surface area contributed by atoms with Crippen molar-refractivity contribution in [3.05, 3.63) is 65.9 Å². The van der Waals surface area contributed by atoms with E-state index < -0.39 is 0 Å². The fourth-order valence-corrected chi connectivity index (χ4v) is 3.11. The lowest BCUT2D eigenvalue weighted by Crippen LogP contribution is -2.39. The maximum Gasteiger partial charge on any atom is 0.291 e. The first-order valence-corrected chi connectivity index (χ1v) is 10.3. The van der Waals surface area contributed by atoms with Crippen LogP contribution in [-0.4, -0.2) is 56.5 Å². The van der Waals surface area contributed by atoms with Gasteiger partial charge in [0.05, 0.1) is 13.0 Å². The number of furan rings is 1. The molecule has 0 atom stereocenters. The zero-order chi connectivity index (χ0) is 22.9. The van der Waals surface area contributed by atoms with E-state index in [1.165, 1.54) is 4.90 Å². The highest BCUT2D eigenvalue weighted by molar-refractivity contribution is 6.04. The lowest BCUT2D eigenvalue weighted by molar-refractivity contribution is -0.134. The number of rotatable bonds is 10. The van der Waals surface area contributed by atoms with Crippen molar-refractivity contribution in [2.75, 3.05) is 39.2 Å². The van der Waals surface area contributed by atoms with Gasteiger partial charge in [-0.3, -0.25) is 14.4 Å². The minimum absolute atomic E-state index is 0.00252. The highest BCUT2D eigenvalue weighted by atomic mass is 16.5. The molecule has 1 aromatic heterocycles. The maximum atomic E-state index is 12.4. The third-order valence-corrected chi connectivity index (χ3v) is 4.87. The van der Waals surface area contributed by atoms with Crippen molar-refractivity contribution < 1.29 is 23.5 Å². The van der Waals surface area contributed by atoms with Crippen LogP contribution in [0.15, 0.2) is 59.0 Å². The SMILES string of the molecule is COCCCNC(=O)CN(C)C(=O)Cc1ccc(NC(=O)c2cc3ccccc3o2)cc1. The van der Waals surface area contributed by atoms with E-state index >= 15 is 0 Å². The predicted octanol–water partition coefficient (Wildman–Crippen LogP) is 2.84. The van der Waals surface area contributed by atoms with E-state index in [2.05, 4.69) is 10.6 Å². The van der Waals surface area contributed by atoms with E-state index in [1.807, 2.05) is 18.2 Å². The lowest BCUT2D eigenvalue weighted by Gasteiger charge is -2.17. The minimum atomic E-state index is -0.346. The van der Waals surface area contributed by atoms with Crippen molar-refractivity contribution in [2.45, 2.75) is 12.8 Å². The zero-order valence-corrected chi connectivity index (χ0v) is 18.2. The Balaban J connectivity index is 1.48. The van der Waals surface area contributed by atoms with Gasteiger partial charge in [0.2, 0.25) is 11.8 Å². The summed E-state index contributed by atoms with van der Waals surface area (Å²) in [5, 5.41) is 6.40. The standard InChI is InChI=1S/C24H27N3O5/c1-27(16-22(28)25-12-5-13-31-2)23(29)14-17-8-10-19(11-9-17)26-24(30)21-15-18-6-3-4-7-20(18)32-21/h3-4,6-11,15H,5,12-14,16H2,1-2H3,(H,25,28)(H,26,30). The molecular weight excluding hydrogens is 410 g/mol. The summed E-state index contributed by atoms with van der Waals surface area (Å²) in [4.78, 5) is 38.1. The second kappa shape index (κ2) is 11.1. The number of ether oxygens (including phenoxy) is 1. The summed E-state index contributed by atoms with van der Waals surface area (Å²) in [6, 6.07) is 16.1. The summed E-state index contributed by atoms with van der Waals surface area (Å²) in [6.45, 7) is 1.08. The molecule has 1 heterocycles. The van der Waals surface area contributed by atoms with Crippen LogP contribution in [0, 0.1) is 0 Å². The third kappa shape index (κ3) is 6.42. The molecule has 0 saturated carbocycles. The molecule has 0 aliphatic rings. The Morgan fingerprint density at radius 1 is 1.06 bits per heavy atom. The van der Waals surface area contributed by atoms with E-state index in [0.717, 1.165) is 17.4 Å². The Hall–Kier alpha value is -3.65. The molecule has 168 valence electrons. The molecule has 2 aromatic carbocycles. The summed E-state index contributed by atoms with van der Waals surface area (Å²) >= 11 is 0. The van der Waals surface area contributed by atoms with Gasteiger partial charge in [-0.2, -0.15) is 0 Å². The number of anilines is 1. The van der Waals surface area contributed by atoms with Crippen molar-refractivity contribution >= 4 is 34.4 Å². The number of hydrogen-bond acceptors (Lipinski definition) is 5. The number of para-hydroxylation sites is 1. The van der Waals surface area contributed by atoms with Crippen LogP contribution in [-0.2, 0) is 20.7 Å². The normalized spacial score (nSPS) is 10.7. The molecule has 8 heteroatoms. The van der Waals surface area contributed by atoms with Crippen molar-refractivity contribution in [1.29, 1.82) is 0 Å². The molecule has 0 fully saturated rings. The predicted molar refractivity (Wildman–Crippen MR) is 121 cm³/mol. The monoisotopic (exact) mass is 437 g/mol. The van der Waals surface area contributed by atoms with E-state index in [9.17, 15) is 14.4 Å². The molecule has 2 N–H and O–H groups in total. The maximum absolute atomic E-state index is 12.4. The van der Waals surface area contributed by atoms with Gasteiger partial charge in [-0.15, -0.1) is 0 Å². The average molecular weight is 437 g/mol. The van der Waals surface area contributed by atoms with Crippen molar-refractivity contribution in [2.24, 2.45) is 0 Å². The van der Waals surface area contributed by atoms with Crippen LogP contribution in [0.5, 0.6) is 0 Å². The van der Waals surface area contributed by atoms with Crippen LogP contribution in [0.25, 0.3) is 11.0 Å². The van der Waals surface area contributed by atoms with E-state index in [4.69, 9.17) is 9.15 Å². The second-order valence-corrected chi connectivity index (χ2v) is 7.42. The molecule has 3 aromatic rings. The smallest absolute Gasteiger partial charge is 0.291 e. The first-order valence-electron chi connectivity index (χ1n) is 10.3. The average Bonchev–Trinajstić information content (AvgIpc) is 3.22. The summed E-state index contributed by atoms with van der Waals surface area (Å²) in [6.07, 6.45) is 0.879. The van der Waals surface area contributed by atoms with Crippen molar-refractivity contribution in [3.8, 4) is 0 Å². The molecular formula is C24H27N3O5. The summed E-state index contributed by atoms with van der Waals surface area (Å²) in [5.41, 5.74) is 2.03. The highest BCUT2D eigenvalue weighted by Gasteiger charge is 2.15. The van der Waals surface area contributed by atoms with Gasteiger partial charge in [-0.1, -0.05) is 30.3 Å². The molecule has 0 bridgehead atoms. The molecule has 0 spiro atoms. The Morgan fingerprint density at radius 3 is 2.53 bits per heavy atom. The first kappa shape index (κ1) is 23.0. The molecule has 8 nitrogen and oxygen atoms in total. The summed E-state index contributed by atoms with van der Waals surface area (Å²) in [7, 11) is 3.20. The van der Waals surface area contributed by atoms with Gasteiger partial charge in [0.25, 0.3) is 5.91 Å². The van der Waals surface area contributed by atoms with Crippen LogP contribution in [0.3, 0.4) is 0 Å². The Labute approximate surface area is 186 Å². The number of nitrogens with one attached hydrogen (secondary N) is 2. The molecule has 0 saturated heterocycles. The largest absolute Gasteiger partial charge is 0.451 e. The quantitative estimate of drug-likeness (QED) is 0.475. The lowest BCUT2D eigenvalue weighted by atomic mass is 10.1. The van der Waals surface area contributed by atoms with E-state index in [0.29, 0.717) is 24.4 Å². The Morgan fingerprint density at radius 2 is 1.81 bits per heavy atom. The van der Waals surface area contributed by atoms with Gasteiger partial charge >= 0.3 is 0 Å². The Kier molecular flexibility index (Phi) is 7.99. The number of amides is 3. The fraction of sp³-hybridized carbons (Fsp3) is 0.292. The van der Waals surface area contributed by atoms with Crippen LogP contribution in [0.4, 0.5) is 5.69 Å². The van der Waals surface area contributed by atoms with Gasteiger partial charge in [-0.25, -0.2) is 0 Å². The van der Waals surface area contributed by atoms with Crippen LogP contribution >= 0.6 is 0 Å². The van der Waals surface area contributed by atoms with Gasteiger partial charge in [0.15, 0.2) is 5.76 Å². The molecule has 32 heavy (non-hydrogen) atoms. The van der Waals surface area contributed by atoms with Crippen molar-refractivity contribution in [1.82, 2.24) is 10.2 Å². The molecule has 0 aliphatic heterocycles. The third-order valence-electron chi connectivity index (χ3n) is 4.87. The number of hydrogen-bond donors (Lipinski definition) is 2. The topological polar surface area (TPSA) is 101 Å². The molecule has 0 aliphatic carbocycles. The summed E-state index contributed by atoms with van der Waals surface area (Å²) < 4.78 is 10.5. The van der Waals surface area contributed by atoms with Gasteiger partial charge in [0.1, 0.15) is 5.58 Å². The van der Waals surface area contributed by atoms with Gasteiger partial charge in [0, 0.05) is 38.4 Å². The second-order valence-electron chi connectivity index (χ2n) is 7.42. The number of nitrogens with zero attached hydrogens (tertiary/aromatic N) is 1. The van der Waals surface area contributed by atoms with E-state index in [1.54, 1.807) is 50.6 Å². The highest BCUT2D eigenvalue weighted by Crippen LogP contribution is 2.20. The number of benzene rings is 2. The molecule has 0 radical (unpaired) electrons. The molecule has 3 rings (SSSR count). The van der Waals surface area contributed by atoms with E-state index in [-0.39, 0.29) is 36.4 Å². The first-order chi connectivity index (χ1) is 15.5. The number of carbonyl (C=O) groups excluding carboxylic acids is 3.